The highest BCUT2D eigenvalue weighted by Crippen LogP contribution is 2.38. The van der Waals surface area contributed by atoms with Crippen molar-refractivity contribution < 1.29 is 4.79 Å². The number of primary amides is 1. The molecule has 0 aromatic heterocycles. The number of aryl methyl sites for hydroxylation is 1. The van der Waals surface area contributed by atoms with E-state index < -0.39 is 0 Å². The van der Waals surface area contributed by atoms with Crippen molar-refractivity contribution in [1.29, 1.82) is 0 Å². The van der Waals surface area contributed by atoms with Gasteiger partial charge in [-0.25, -0.2) is 0 Å². The molecule has 1 heterocycles. The van der Waals surface area contributed by atoms with Crippen LogP contribution in [0, 0.1) is 18.8 Å². The number of benzene rings is 1. The molecular formula is C16H23N3O. The van der Waals surface area contributed by atoms with Crippen LogP contribution in [0.15, 0.2) is 18.2 Å². The van der Waals surface area contributed by atoms with Gasteiger partial charge in [-0.3, -0.25) is 4.79 Å². The molecule has 2 fully saturated rings. The zero-order valence-corrected chi connectivity index (χ0v) is 12.0. The third kappa shape index (κ3) is 2.29. The number of hydrogen-bond acceptors (Lipinski definition) is 3. The van der Waals surface area contributed by atoms with Crippen LogP contribution in [0.25, 0.3) is 0 Å². The maximum Gasteiger partial charge on any atom is 0.250 e. The van der Waals surface area contributed by atoms with Gasteiger partial charge in [0.1, 0.15) is 0 Å². The zero-order chi connectivity index (χ0) is 14.3. The molecule has 3 atom stereocenters. The minimum Gasteiger partial charge on any atom is -0.370 e. The van der Waals surface area contributed by atoms with E-state index in [0.717, 1.165) is 30.8 Å². The van der Waals surface area contributed by atoms with Crippen LogP contribution in [0.2, 0.25) is 0 Å². The van der Waals surface area contributed by atoms with Crippen LogP contribution in [-0.2, 0) is 0 Å². The SMILES string of the molecule is Cc1ccc(C(N)=O)c(N2CC3CCCC(N)C3C2)c1. The van der Waals surface area contributed by atoms with Gasteiger partial charge < -0.3 is 16.4 Å². The summed E-state index contributed by atoms with van der Waals surface area (Å²) in [4.78, 5) is 14.0. The van der Waals surface area contributed by atoms with Crippen LogP contribution in [-0.4, -0.2) is 25.0 Å². The van der Waals surface area contributed by atoms with Gasteiger partial charge in [0.05, 0.1) is 5.56 Å². The molecule has 108 valence electrons. The predicted molar refractivity (Wildman–Crippen MR) is 80.7 cm³/mol. The summed E-state index contributed by atoms with van der Waals surface area (Å²) < 4.78 is 0. The number of rotatable bonds is 2. The highest BCUT2D eigenvalue weighted by molar-refractivity contribution is 5.98. The molecule has 0 spiro atoms. The summed E-state index contributed by atoms with van der Waals surface area (Å²) in [5.41, 5.74) is 14.6. The molecule has 1 aromatic carbocycles. The fraction of sp³-hybridized carbons (Fsp3) is 0.562. The Morgan fingerprint density at radius 1 is 1.30 bits per heavy atom. The Hall–Kier alpha value is -1.55. The molecule has 1 saturated heterocycles. The first-order valence-electron chi connectivity index (χ1n) is 7.47. The number of carbonyl (C=O) groups is 1. The second-order valence-electron chi connectivity index (χ2n) is 6.31. The summed E-state index contributed by atoms with van der Waals surface area (Å²) in [5, 5.41) is 0. The molecule has 1 aliphatic carbocycles. The summed E-state index contributed by atoms with van der Waals surface area (Å²) >= 11 is 0. The third-order valence-corrected chi connectivity index (χ3v) is 4.91. The zero-order valence-electron chi connectivity index (χ0n) is 12.0. The lowest BCUT2D eigenvalue weighted by molar-refractivity contribution is 0.100. The molecule has 0 radical (unpaired) electrons. The Morgan fingerprint density at radius 3 is 2.80 bits per heavy atom. The lowest BCUT2D eigenvalue weighted by Crippen LogP contribution is -2.38. The Morgan fingerprint density at radius 2 is 2.10 bits per heavy atom. The molecule has 2 aliphatic rings. The molecule has 4 nitrogen and oxygen atoms in total. The average molecular weight is 273 g/mol. The summed E-state index contributed by atoms with van der Waals surface area (Å²) in [6.45, 7) is 4.00. The van der Waals surface area contributed by atoms with Gasteiger partial charge in [0.15, 0.2) is 0 Å². The monoisotopic (exact) mass is 273 g/mol. The van der Waals surface area contributed by atoms with Crippen molar-refractivity contribution in [3.8, 4) is 0 Å². The van der Waals surface area contributed by atoms with Crippen molar-refractivity contribution in [1.82, 2.24) is 0 Å². The predicted octanol–water partition coefficient (Wildman–Crippen LogP) is 1.66. The van der Waals surface area contributed by atoms with Gasteiger partial charge in [0, 0.05) is 24.8 Å². The molecule has 0 bridgehead atoms. The largest absolute Gasteiger partial charge is 0.370 e. The standard InChI is InChI=1S/C16H23N3O/c1-10-5-6-12(16(18)20)15(7-10)19-8-11-3-2-4-14(17)13(11)9-19/h5-7,11,13-14H,2-4,8-9,17H2,1H3,(H2,18,20). The fourth-order valence-corrected chi connectivity index (χ4v) is 3.83. The molecule has 1 saturated carbocycles. The van der Waals surface area contributed by atoms with E-state index >= 15 is 0 Å². The second-order valence-corrected chi connectivity index (χ2v) is 6.31. The van der Waals surface area contributed by atoms with Gasteiger partial charge >= 0.3 is 0 Å². The van der Waals surface area contributed by atoms with Crippen LogP contribution in [0.3, 0.4) is 0 Å². The molecule has 1 aromatic rings. The quantitative estimate of drug-likeness (QED) is 0.860. The molecule has 4 heteroatoms. The highest BCUT2D eigenvalue weighted by atomic mass is 16.1. The lowest BCUT2D eigenvalue weighted by Gasteiger charge is -2.29. The fourth-order valence-electron chi connectivity index (χ4n) is 3.83. The number of hydrogen-bond donors (Lipinski definition) is 2. The van der Waals surface area contributed by atoms with Crippen LogP contribution in [0.1, 0.15) is 35.2 Å². The summed E-state index contributed by atoms with van der Waals surface area (Å²) in [7, 11) is 0. The van der Waals surface area contributed by atoms with E-state index in [0.29, 0.717) is 23.4 Å². The van der Waals surface area contributed by atoms with Crippen LogP contribution in [0.5, 0.6) is 0 Å². The number of carbonyl (C=O) groups excluding carboxylic acids is 1. The molecular weight excluding hydrogens is 250 g/mol. The van der Waals surface area contributed by atoms with E-state index in [1.54, 1.807) is 0 Å². The number of nitrogens with zero attached hydrogens (tertiary/aromatic N) is 1. The molecule has 1 aliphatic heterocycles. The van der Waals surface area contributed by atoms with Crippen LogP contribution in [0.4, 0.5) is 5.69 Å². The third-order valence-electron chi connectivity index (χ3n) is 4.91. The number of anilines is 1. The highest BCUT2D eigenvalue weighted by Gasteiger charge is 2.39. The topological polar surface area (TPSA) is 72.4 Å². The van der Waals surface area contributed by atoms with Crippen molar-refractivity contribution in [2.75, 3.05) is 18.0 Å². The van der Waals surface area contributed by atoms with Crippen molar-refractivity contribution in [3.63, 3.8) is 0 Å². The normalized spacial score (nSPS) is 29.3. The van der Waals surface area contributed by atoms with Crippen LogP contribution < -0.4 is 16.4 Å². The van der Waals surface area contributed by atoms with E-state index in [1.165, 1.54) is 12.8 Å². The Bertz CT molecular complexity index is 528. The first kappa shape index (κ1) is 13.4. The first-order valence-corrected chi connectivity index (χ1v) is 7.47. The van der Waals surface area contributed by atoms with E-state index in [1.807, 2.05) is 19.1 Å². The second kappa shape index (κ2) is 5.09. The molecule has 3 rings (SSSR count). The Balaban J connectivity index is 1.90. The smallest absolute Gasteiger partial charge is 0.250 e. The number of fused-ring (bicyclic) bond motifs is 1. The molecule has 20 heavy (non-hydrogen) atoms. The van der Waals surface area contributed by atoms with Gasteiger partial charge in [0.25, 0.3) is 5.91 Å². The van der Waals surface area contributed by atoms with Crippen molar-refractivity contribution >= 4 is 11.6 Å². The lowest BCUT2D eigenvalue weighted by atomic mass is 9.78. The minimum atomic E-state index is -0.348. The van der Waals surface area contributed by atoms with Gasteiger partial charge in [0.2, 0.25) is 0 Å². The van der Waals surface area contributed by atoms with Crippen molar-refractivity contribution in [2.45, 2.75) is 32.2 Å². The first-order chi connectivity index (χ1) is 9.56. The van der Waals surface area contributed by atoms with Gasteiger partial charge in [-0.1, -0.05) is 12.5 Å². The Labute approximate surface area is 120 Å². The number of nitrogens with two attached hydrogens (primary N) is 2. The summed E-state index contributed by atoms with van der Waals surface area (Å²) in [6.07, 6.45) is 3.62. The Kier molecular flexibility index (Phi) is 3.42. The summed E-state index contributed by atoms with van der Waals surface area (Å²) in [6, 6.07) is 6.16. The van der Waals surface area contributed by atoms with E-state index in [4.69, 9.17) is 11.5 Å². The molecule has 3 unspecified atom stereocenters. The van der Waals surface area contributed by atoms with Crippen molar-refractivity contribution in [3.05, 3.63) is 29.3 Å². The number of amides is 1. The van der Waals surface area contributed by atoms with Crippen molar-refractivity contribution in [2.24, 2.45) is 23.3 Å². The maximum atomic E-state index is 11.6. The van der Waals surface area contributed by atoms with E-state index in [9.17, 15) is 4.79 Å². The average Bonchev–Trinajstić information content (AvgIpc) is 2.83. The molecule has 1 amide bonds. The van der Waals surface area contributed by atoms with E-state index in [2.05, 4.69) is 11.0 Å². The minimum absolute atomic E-state index is 0.306. The summed E-state index contributed by atoms with van der Waals surface area (Å²) in [5.74, 6) is 0.879. The van der Waals surface area contributed by atoms with Gasteiger partial charge in [-0.2, -0.15) is 0 Å². The van der Waals surface area contributed by atoms with Gasteiger partial charge in [-0.15, -0.1) is 0 Å². The maximum absolute atomic E-state index is 11.6. The van der Waals surface area contributed by atoms with E-state index in [-0.39, 0.29) is 5.91 Å². The van der Waals surface area contributed by atoms with Crippen LogP contribution >= 0.6 is 0 Å². The molecule has 4 N–H and O–H groups in total. The van der Waals surface area contributed by atoms with Gasteiger partial charge in [-0.05, 0) is 49.3 Å².